The van der Waals surface area contributed by atoms with Crippen molar-refractivity contribution in [3.8, 4) is 11.5 Å². The SMILES string of the molecule is COc1c2c(cc3c(CCl)cc(=O)oc13)CCC(C)(C)O2. The second-order valence-electron chi connectivity index (χ2n) is 5.86. The topological polar surface area (TPSA) is 48.7 Å². The van der Waals surface area contributed by atoms with Crippen LogP contribution in [0.4, 0.5) is 0 Å². The highest BCUT2D eigenvalue weighted by Crippen LogP contribution is 2.45. The molecule has 0 unspecified atom stereocenters. The molecule has 0 atom stereocenters. The Kier molecular flexibility index (Phi) is 3.36. The maximum atomic E-state index is 11.7. The number of hydrogen-bond donors (Lipinski definition) is 0. The van der Waals surface area contributed by atoms with Gasteiger partial charge in [-0.15, -0.1) is 11.6 Å². The van der Waals surface area contributed by atoms with Gasteiger partial charge in [-0.25, -0.2) is 4.79 Å². The van der Waals surface area contributed by atoms with Crippen molar-refractivity contribution in [2.24, 2.45) is 0 Å². The summed E-state index contributed by atoms with van der Waals surface area (Å²) >= 11 is 5.95. The first-order valence-electron chi connectivity index (χ1n) is 6.87. The number of fused-ring (bicyclic) bond motifs is 2. The molecule has 2 aromatic rings. The van der Waals surface area contributed by atoms with Crippen molar-refractivity contribution >= 4 is 22.6 Å². The average Bonchev–Trinajstić information content (AvgIpc) is 2.43. The number of aryl methyl sites for hydroxylation is 1. The molecule has 0 radical (unpaired) electrons. The second-order valence-corrected chi connectivity index (χ2v) is 6.13. The summed E-state index contributed by atoms with van der Waals surface area (Å²) in [6.45, 7) is 4.07. The van der Waals surface area contributed by atoms with Crippen LogP contribution < -0.4 is 15.1 Å². The first-order chi connectivity index (χ1) is 9.95. The Balaban J connectivity index is 2.37. The first-order valence-corrected chi connectivity index (χ1v) is 7.40. The van der Waals surface area contributed by atoms with E-state index < -0.39 is 5.63 Å². The van der Waals surface area contributed by atoms with Crippen LogP contribution in [0.2, 0.25) is 0 Å². The maximum absolute atomic E-state index is 11.7. The Labute approximate surface area is 127 Å². The minimum absolute atomic E-state index is 0.246. The van der Waals surface area contributed by atoms with E-state index in [0.29, 0.717) is 17.1 Å². The van der Waals surface area contributed by atoms with Crippen LogP contribution in [0.25, 0.3) is 11.0 Å². The van der Waals surface area contributed by atoms with Gasteiger partial charge < -0.3 is 13.9 Å². The van der Waals surface area contributed by atoms with Gasteiger partial charge in [-0.1, -0.05) is 0 Å². The van der Waals surface area contributed by atoms with Crippen LogP contribution in [0.3, 0.4) is 0 Å². The van der Waals surface area contributed by atoms with E-state index in [-0.39, 0.29) is 11.5 Å². The van der Waals surface area contributed by atoms with E-state index in [9.17, 15) is 4.79 Å². The molecule has 0 bridgehead atoms. The number of hydrogen-bond acceptors (Lipinski definition) is 4. The third-order valence-corrected chi connectivity index (χ3v) is 4.12. The highest BCUT2D eigenvalue weighted by molar-refractivity contribution is 6.18. The molecule has 0 saturated heterocycles. The molecule has 4 nitrogen and oxygen atoms in total. The standard InChI is InChI=1S/C16H17ClO4/c1-16(2)5-4-9-6-11-10(8-17)7-12(18)20-14(11)15(19-3)13(9)21-16/h6-7H,4-5,8H2,1-3H3. The van der Waals surface area contributed by atoms with Gasteiger partial charge in [0, 0.05) is 17.3 Å². The van der Waals surface area contributed by atoms with E-state index in [0.717, 1.165) is 29.4 Å². The van der Waals surface area contributed by atoms with Crippen LogP contribution in [0.15, 0.2) is 21.3 Å². The smallest absolute Gasteiger partial charge is 0.336 e. The molecule has 3 rings (SSSR count). The molecule has 1 aromatic carbocycles. The zero-order chi connectivity index (χ0) is 15.2. The Morgan fingerprint density at radius 3 is 2.81 bits per heavy atom. The van der Waals surface area contributed by atoms with Gasteiger partial charge in [0.25, 0.3) is 0 Å². The second kappa shape index (κ2) is 4.95. The van der Waals surface area contributed by atoms with E-state index in [1.165, 1.54) is 6.07 Å². The zero-order valence-corrected chi connectivity index (χ0v) is 13.0. The fourth-order valence-electron chi connectivity index (χ4n) is 2.72. The summed E-state index contributed by atoms with van der Waals surface area (Å²) in [4.78, 5) is 11.7. The molecule has 1 aliphatic rings. The summed E-state index contributed by atoms with van der Waals surface area (Å²) in [7, 11) is 1.55. The quantitative estimate of drug-likeness (QED) is 0.628. The number of benzene rings is 1. The first kappa shape index (κ1) is 14.3. The van der Waals surface area contributed by atoms with E-state index in [1.54, 1.807) is 7.11 Å². The van der Waals surface area contributed by atoms with Gasteiger partial charge in [0.05, 0.1) is 7.11 Å². The number of alkyl halides is 1. The van der Waals surface area contributed by atoms with Crippen LogP contribution in [0, 0.1) is 0 Å². The molecule has 0 amide bonds. The summed E-state index contributed by atoms with van der Waals surface area (Å²) in [5.41, 5.74) is 1.49. The van der Waals surface area contributed by atoms with Crippen LogP contribution >= 0.6 is 11.6 Å². The minimum atomic E-state index is -0.438. The van der Waals surface area contributed by atoms with Crippen molar-refractivity contribution in [2.75, 3.05) is 7.11 Å². The molecule has 21 heavy (non-hydrogen) atoms. The lowest BCUT2D eigenvalue weighted by molar-refractivity contribution is 0.0806. The molecule has 0 saturated carbocycles. The lowest BCUT2D eigenvalue weighted by atomic mass is 9.92. The monoisotopic (exact) mass is 308 g/mol. The summed E-state index contributed by atoms with van der Waals surface area (Å²) in [5, 5.41) is 0.809. The third kappa shape index (κ3) is 2.38. The van der Waals surface area contributed by atoms with Crippen molar-refractivity contribution in [2.45, 2.75) is 38.2 Å². The largest absolute Gasteiger partial charge is 0.490 e. The van der Waals surface area contributed by atoms with Gasteiger partial charge >= 0.3 is 5.63 Å². The van der Waals surface area contributed by atoms with Gasteiger partial charge in [0.1, 0.15) is 5.60 Å². The van der Waals surface area contributed by atoms with Crippen molar-refractivity contribution < 1.29 is 13.9 Å². The Morgan fingerprint density at radius 1 is 1.38 bits per heavy atom. The van der Waals surface area contributed by atoms with E-state index in [2.05, 4.69) is 0 Å². The average molecular weight is 309 g/mol. The van der Waals surface area contributed by atoms with E-state index >= 15 is 0 Å². The summed E-state index contributed by atoms with van der Waals surface area (Å²) < 4.78 is 16.9. The van der Waals surface area contributed by atoms with Gasteiger partial charge in [-0.3, -0.25) is 0 Å². The molecule has 0 fully saturated rings. The predicted octanol–water partition coefficient (Wildman–Crippen LogP) is 3.64. The molecule has 0 N–H and O–H groups in total. The molecule has 0 spiro atoms. The lowest BCUT2D eigenvalue weighted by Crippen LogP contribution is -2.32. The summed E-state index contributed by atoms with van der Waals surface area (Å²) in [5.74, 6) is 1.38. The lowest BCUT2D eigenvalue weighted by Gasteiger charge is -2.33. The number of halogens is 1. The predicted molar refractivity (Wildman–Crippen MR) is 81.6 cm³/mol. The normalized spacial score (nSPS) is 16.4. The van der Waals surface area contributed by atoms with Gasteiger partial charge in [-0.05, 0) is 43.9 Å². The fraction of sp³-hybridized carbons (Fsp3) is 0.438. The Bertz CT molecular complexity index is 761. The van der Waals surface area contributed by atoms with Gasteiger partial charge in [-0.2, -0.15) is 0 Å². The molecular weight excluding hydrogens is 292 g/mol. The van der Waals surface area contributed by atoms with Crippen molar-refractivity contribution in [1.29, 1.82) is 0 Å². The van der Waals surface area contributed by atoms with Crippen LogP contribution in [0.5, 0.6) is 11.5 Å². The fourth-order valence-corrected chi connectivity index (χ4v) is 2.94. The summed E-state index contributed by atoms with van der Waals surface area (Å²) in [6, 6.07) is 3.41. The molecule has 5 heteroatoms. The number of rotatable bonds is 2. The molecule has 2 heterocycles. The molecule has 1 aromatic heterocycles. The van der Waals surface area contributed by atoms with Gasteiger partial charge in [0.2, 0.25) is 5.75 Å². The maximum Gasteiger partial charge on any atom is 0.336 e. The number of ether oxygens (including phenoxy) is 2. The third-order valence-electron chi connectivity index (χ3n) is 3.83. The molecule has 112 valence electrons. The Morgan fingerprint density at radius 2 is 2.14 bits per heavy atom. The van der Waals surface area contributed by atoms with E-state index in [4.69, 9.17) is 25.5 Å². The Hall–Kier alpha value is -1.68. The van der Waals surface area contributed by atoms with Crippen LogP contribution in [-0.4, -0.2) is 12.7 Å². The highest BCUT2D eigenvalue weighted by Gasteiger charge is 2.31. The highest BCUT2D eigenvalue weighted by atomic mass is 35.5. The van der Waals surface area contributed by atoms with Crippen LogP contribution in [-0.2, 0) is 12.3 Å². The molecule has 1 aliphatic heterocycles. The van der Waals surface area contributed by atoms with Crippen molar-refractivity contribution in [3.05, 3.63) is 33.7 Å². The van der Waals surface area contributed by atoms with Gasteiger partial charge in [0.15, 0.2) is 11.3 Å². The van der Waals surface area contributed by atoms with Crippen LogP contribution in [0.1, 0.15) is 31.4 Å². The molecule has 0 aliphatic carbocycles. The van der Waals surface area contributed by atoms with Crippen molar-refractivity contribution in [1.82, 2.24) is 0 Å². The summed E-state index contributed by atoms with van der Waals surface area (Å²) in [6.07, 6.45) is 1.80. The van der Waals surface area contributed by atoms with E-state index in [1.807, 2.05) is 19.9 Å². The van der Waals surface area contributed by atoms with Crippen molar-refractivity contribution in [3.63, 3.8) is 0 Å². The zero-order valence-electron chi connectivity index (χ0n) is 12.3. The molecular formula is C16H17ClO4. The number of methoxy groups -OCH3 is 1. The minimum Gasteiger partial charge on any atom is -0.490 e.